The van der Waals surface area contributed by atoms with Crippen LogP contribution in [0.15, 0.2) is 179 Å². The first-order valence-electron chi connectivity index (χ1n) is 15.7. The Balaban J connectivity index is 1.28. The fourth-order valence-corrected chi connectivity index (χ4v) is 6.42. The maximum absolute atomic E-state index is 6.69. The number of hydrogen-bond donors (Lipinski definition) is 0. The Kier molecular flexibility index (Phi) is 6.43. The van der Waals surface area contributed by atoms with E-state index >= 15 is 0 Å². The molecule has 0 saturated carbocycles. The van der Waals surface area contributed by atoms with Crippen molar-refractivity contribution in [2.24, 2.45) is 0 Å². The van der Waals surface area contributed by atoms with E-state index in [2.05, 4.69) is 114 Å². The van der Waals surface area contributed by atoms with Gasteiger partial charge in [-0.3, -0.25) is 0 Å². The van der Waals surface area contributed by atoms with Gasteiger partial charge in [0.2, 0.25) is 5.89 Å². The van der Waals surface area contributed by atoms with Crippen LogP contribution < -0.4 is 4.90 Å². The number of hydrogen-bond acceptors (Lipinski definition) is 4. The summed E-state index contributed by atoms with van der Waals surface area (Å²) in [6.07, 6.45) is 0. The predicted octanol–water partition coefficient (Wildman–Crippen LogP) is 12.2. The Hall–Kier alpha value is -6.39. The molecule has 9 aromatic rings. The molecule has 4 heteroatoms. The minimum atomic E-state index is 0.579. The summed E-state index contributed by atoms with van der Waals surface area (Å²) in [7, 11) is 0. The molecule has 2 aromatic heterocycles. The van der Waals surface area contributed by atoms with Gasteiger partial charge in [0.1, 0.15) is 11.1 Å². The van der Waals surface area contributed by atoms with Crippen molar-refractivity contribution < 1.29 is 8.83 Å². The molecular weight excluding hydrogens is 576 g/mol. The third-order valence-electron chi connectivity index (χ3n) is 8.71. The lowest BCUT2D eigenvalue weighted by Crippen LogP contribution is -2.10. The molecule has 4 nitrogen and oxygen atoms in total. The Bertz CT molecular complexity index is 2400. The van der Waals surface area contributed by atoms with Gasteiger partial charge in [-0.2, -0.15) is 0 Å². The molecule has 9 rings (SSSR count). The molecule has 222 valence electrons. The van der Waals surface area contributed by atoms with Gasteiger partial charge >= 0.3 is 0 Å². The number of furan rings is 1. The van der Waals surface area contributed by atoms with Gasteiger partial charge in [0, 0.05) is 22.3 Å². The zero-order chi connectivity index (χ0) is 31.2. The molecular formula is C43H28N2O2. The maximum atomic E-state index is 6.69. The lowest BCUT2D eigenvalue weighted by atomic mass is 10.0. The fourth-order valence-electron chi connectivity index (χ4n) is 6.42. The van der Waals surface area contributed by atoms with Gasteiger partial charge in [0.15, 0.2) is 11.2 Å². The topological polar surface area (TPSA) is 42.4 Å². The van der Waals surface area contributed by atoms with E-state index in [0.717, 1.165) is 61.2 Å². The van der Waals surface area contributed by atoms with E-state index < -0.39 is 0 Å². The predicted molar refractivity (Wildman–Crippen MR) is 192 cm³/mol. The van der Waals surface area contributed by atoms with E-state index in [1.54, 1.807) is 0 Å². The van der Waals surface area contributed by atoms with Crippen molar-refractivity contribution in [1.82, 2.24) is 4.98 Å². The van der Waals surface area contributed by atoms with Crippen molar-refractivity contribution in [2.45, 2.75) is 0 Å². The summed E-state index contributed by atoms with van der Waals surface area (Å²) in [5.74, 6) is 0.579. The number of fused-ring (bicyclic) bond motifs is 5. The Morgan fingerprint density at radius 3 is 1.49 bits per heavy atom. The molecule has 47 heavy (non-hydrogen) atoms. The highest BCUT2D eigenvalue weighted by atomic mass is 16.4. The van der Waals surface area contributed by atoms with Gasteiger partial charge in [0.05, 0.1) is 11.1 Å². The average Bonchev–Trinajstić information content (AvgIpc) is 3.76. The molecule has 0 unspecified atom stereocenters. The first-order valence-corrected chi connectivity index (χ1v) is 15.7. The Morgan fingerprint density at radius 1 is 0.426 bits per heavy atom. The van der Waals surface area contributed by atoms with E-state index in [1.165, 1.54) is 11.1 Å². The number of oxazole rings is 1. The molecule has 0 bridgehead atoms. The van der Waals surface area contributed by atoms with Crippen LogP contribution >= 0.6 is 0 Å². The molecule has 0 spiro atoms. The quantitative estimate of drug-likeness (QED) is 0.189. The Labute approximate surface area is 271 Å². The van der Waals surface area contributed by atoms with E-state index in [9.17, 15) is 0 Å². The van der Waals surface area contributed by atoms with Crippen molar-refractivity contribution in [3.05, 3.63) is 170 Å². The molecule has 0 saturated heterocycles. The number of aromatic nitrogens is 1. The average molecular weight is 605 g/mol. The van der Waals surface area contributed by atoms with Crippen LogP contribution in [0.1, 0.15) is 0 Å². The van der Waals surface area contributed by atoms with Crippen LogP contribution in [-0.4, -0.2) is 4.98 Å². The first kappa shape index (κ1) is 27.0. The van der Waals surface area contributed by atoms with Crippen LogP contribution in [0, 0.1) is 0 Å². The molecule has 0 atom stereocenters. The second-order valence-electron chi connectivity index (χ2n) is 11.6. The number of nitrogens with zero attached hydrogens (tertiary/aromatic N) is 2. The van der Waals surface area contributed by atoms with Crippen molar-refractivity contribution in [2.75, 3.05) is 4.90 Å². The van der Waals surface area contributed by atoms with Gasteiger partial charge in [-0.1, -0.05) is 121 Å². The lowest BCUT2D eigenvalue weighted by Gasteiger charge is -2.26. The van der Waals surface area contributed by atoms with E-state index in [1.807, 2.05) is 60.7 Å². The molecule has 0 aliphatic rings. The van der Waals surface area contributed by atoms with E-state index in [4.69, 9.17) is 13.8 Å². The van der Waals surface area contributed by atoms with Gasteiger partial charge < -0.3 is 13.7 Å². The smallest absolute Gasteiger partial charge is 0.227 e. The minimum Gasteiger partial charge on any atom is -0.454 e. The monoisotopic (exact) mass is 604 g/mol. The normalized spacial score (nSPS) is 11.4. The summed E-state index contributed by atoms with van der Waals surface area (Å²) >= 11 is 0. The fraction of sp³-hybridized carbons (Fsp3) is 0. The molecule has 2 heterocycles. The van der Waals surface area contributed by atoms with Crippen LogP contribution in [0.4, 0.5) is 17.1 Å². The third-order valence-corrected chi connectivity index (χ3v) is 8.71. The van der Waals surface area contributed by atoms with Gasteiger partial charge in [-0.25, -0.2) is 4.98 Å². The van der Waals surface area contributed by atoms with Gasteiger partial charge in [-0.15, -0.1) is 0 Å². The largest absolute Gasteiger partial charge is 0.454 e. The number of para-hydroxylation sites is 1. The summed E-state index contributed by atoms with van der Waals surface area (Å²) in [6.45, 7) is 0. The number of benzene rings is 7. The van der Waals surface area contributed by atoms with Crippen LogP contribution in [0.2, 0.25) is 0 Å². The maximum Gasteiger partial charge on any atom is 0.227 e. The van der Waals surface area contributed by atoms with Crippen molar-refractivity contribution in [3.8, 4) is 33.7 Å². The first-order chi connectivity index (χ1) is 23.3. The molecule has 0 aliphatic heterocycles. The molecule has 0 amide bonds. The number of anilines is 3. The van der Waals surface area contributed by atoms with E-state index in [0.29, 0.717) is 11.5 Å². The van der Waals surface area contributed by atoms with E-state index in [-0.39, 0.29) is 0 Å². The molecule has 0 radical (unpaired) electrons. The third kappa shape index (κ3) is 4.75. The van der Waals surface area contributed by atoms with Crippen LogP contribution in [-0.2, 0) is 0 Å². The van der Waals surface area contributed by atoms with Crippen LogP contribution in [0.3, 0.4) is 0 Å². The highest BCUT2D eigenvalue weighted by molar-refractivity contribution is 6.21. The summed E-state index contributed by atoms with van der Waals surface area (Å²) < 4.78 is 13.2. The van der Waals surface area contributed by atoms with Gasteiger partial charge in [-0.05, 0) is 70.8 Å². The highest BCUT2D eigenvalue weighted by Crippen LogP contribution is 2.46. The number of rotatable bonds is 6. The van der Waals surface area contributed by atoms with Crippen molar-refractivity contribution >= 4 is 50.1 Å². The highest BCUT2D eigenvalue weighted by Gasteiger charge is 2.25. The molecule has 0 N–H and O–H groups in total. The zero-order valence-corrected chi connectivity index (χ0v) is 25.4. The summed E-state index contributed by atoms with van der Waals surface area (Å²) in [5, 5.41) is 1.90. The van der Waals surface area contributed by atoms with Crippen molar-refractivity contribution in [3.63, 3.8) is 0 Å². The summed E-state index contributed by atoms with van der Waals surface area (Å²) in [4.78, 5) is 7.28. The lowest BCUT2D eigenvalue weighted by molar-refractivity contribution is 0.622. The summed E-state index contributed by atoms with van der Waals surface area (Å²) in [6, 6.07) is 58.5. The van der Waals surface area contributed by atoms with Crippen LogP contribution in [0.5, 0.6) is 0 Å². The van der Waals surface area contributed by atoms with Crippen LogP contribution in [0.25, 0.3) is 66.7 Å². The van der Waals surface area contributed by atoms with Gasteiger partial charge in [0.25, 0.3) is 0 Å². The molecule has 0 aliphatic carbocycles. The zero-order valence-electron chi connectivity index (χ0n) is 25.4. The second-order valence-corrected chi connectivity index (χ2v) is 11.6. The van der Waals surface area contributed by atoms with Crippen molar-refractivity contribution in [1.29, 1.82) is 0 Å². The minimum absolute atomic E-state index is 0.579. The molecule has 7 aromatic carbocycles. The standard InChI is InChI=1S/C43H28N2O2/c1-4-12-29(13-5-1)31-20-24-34(25-21-31)45(35-26-22-32(23-27-35)30-14-6-2-7-15-30)38-28-37-41(47-43(44-37)33-16-8-3-9-17-33)40-36-18-10-11-19-39(36)46-42(38)40/h1-28H. The second kappa shape index (κ2) is 11.2. The molecule has 0 fully saturated rings. The SMILES string of the molecule is c1ccc(-c2ccc(N(c3ccc(-c4ccccc4)cc3)c3cc4nc(-c5ccccc5)oc4c4c3oc3ccccc34)cc2)cc1. The Morgan fingerprint density at radius 2 is 0.915 bits per heavy atom. The summed E-state index contributed by atoms with van der Waals surface area (Å²) in [5.41, 5.74) is 11.5.